The van der Waals surface area contributed by atoms with Crippen molar-refractivity contribution < 1.29 is 4.79 Å². The van der Waals surface area contributed by atoms with Crippen LogP contribution in [0.25, 0.3) is 0 Å². The van der Waals surface area contributed by atoms with Crippen molar-refractivity contribution in [3.05, 3.63) is 34.9 Å². The third kappa shape index (κ3) is 3.41. The molecule has 2 rings (SSSR count). The van der Waals surface area contributed by atoms with Gasteiger partial charge in [0.05, 0.1) is 5.41 Å². The van der Waals surface area contributed by atoms with E-state index in [4.69, 9.17) is 17.3 Å². The summed E-state index contributed by atoms with van der Waals surface area (Å²) in [6.07, 6.45) is 4.01. The number of carbonyl (C=O) groups excluding carboxylic acids is 1. The third-order valence-corrected chi connectivity index (χ3v) is 3.97. The van der Waals surface area contributed by atoms with E-state index in [1.54, 1.807) is 0 Å². The first-order chi connectivity index (χ1) is 8.69. The van der Waals surface area contributed by atoms with Crippen LogP contribution in [0.5, 0.6) is 0 Å². The van der Waals surface area contributed by atoms with Crippen LogP contribution in [-0.4, -0.2) is 19.0 Å². The van der Waals surface area contributed by atoms with E-state index in [0.717, 1.165) is 31.2 Å². The van der Waals surface area contributed by atoms with Gasteiger partial charge in [-0.1, -0.05) is 36.6 Å². The highest BCUT2D eigenvalue weighted by Crippen LogP contribution is 2.41. The normalized spacial score (nSPS) is 16.7. The lowest BCUT2D eigenvalue weighted by Crippen LogP contribution is -2.44. The van der Waals surface area contributed by atoms with Crippen LogP contribution in [0.15, 0.2) is 24.3 Å². The molecule has 1 aromatic rings. The second-order valence-electron chi connectivity index (χ2n) is 4.84. The molecule has 1 aliphatic rings. The molecule has 0 unspecified atom stereocenters. The van der Waals surface area contributed by atoms with Crippen LogP contribution in [0, 0.1) is 0 Å². The van der Waals surface area contributed by atoms with E-state index in [1.165, 1.54) is 0 Å². The summed E-state index contributed by atoms with van der Waals surface area (Å²) in [5, 5.41) is 3.63. The Morgan fingerprint density at radius 3 is 2.37 bits per heavy atom. The molecule has 0 spiro atoms. The van der Waals surface area contributed by atoms with E-state index in [2.05, 4.69) is 5.32 Å². The molecule has 0 bridgehead atoms. The van der Waals surface area contributed by atoms with Crippen LogP contribution in [0.3, 0.4) is 0 Å². The first kappa shape index (κ1) is 16.3. The molecule has 1 aromatic carbocycles. The van der Waals surface area contributed by atoms with Crippen LogP contribution in [0.2, 0.25) is 5.02 Å². The van der Waals surface area contributed by atoms with Crippen LogP contribution < -0.4 is 11.1 Å². The maximum atomic E-state index is 12.4. The van der Waals surface area contributed by atoms with Gasteiger partial charge in [0.1, 0.15) is 0 Å². The zero-order valence-corrected chi connectivity index (χ0v) is 12.4. The van der Waals surface area contributed by atoms with Crippen molar-refractivity contribution in [2.75, 3.05) is 13.1 Å². The van der Waals surface area contributed by atoms with Crippen molar-refractivity contribution in [1.82, 2.24) is 5.32 Å². The Bertz CT molecular complexity index is 414. The Balaban J connectivity index is 0.00000180. The van der Waals surface area contributed by atoms with Crippen LogP contribution in [0.4, 0.5) is 0 Å². The molecule has 1 saturated carbocycles. The first-order valence-corrected chi connectivity index (χ1v) is 6.81. The van der Waals surface area contributed by atoms with Crippen molar-refractivity contribution in [3.63, 3.8) is 0 Å². The van der Waals surface area contributed by atoms with Crippen molar-refractivity contribution in [1.29, 1.82) is 0 Å². The SMILES string of the molecule is Cl.NCCNC(=O)C1(c2ccc(Cl)cc2)CCCC1. The van der Waals surface area contributed by atoms with Gasteiger partial charge in [-0.05, 0) is 30.5 Å². The molecule has 1 fully saturated rings. The second kappa shape index (κ2) is 7.13. The van der Waals surface area contributed by atoms with Gasteiger partial charge in [0, 0.05) is 18.1 Å². The summed E-state index contributed by atoms with van der Waals surface area (Å²) in [5.41, 5.74) is 6.14. The quantitative estimate of drug-likeness (QED) is 0.898. The molecule has 0 saturated heterocycles. The summed E-state index contributed by atoms with van der Waals surface area (Å²) < 4.78 is 0. The highest BCUT2D eigenvalue weighted by Gasteiger charge is 2.42. The number of benzene rings is 1. The van der Waals surface area contributed by atoms with Gasteiger partial charge in [0.25, 0.3) is 0 Å². The van der Waals surface area contributed by atoms with E-state index in [-0.39, 0.29) is 23.7 Å². The lowest BCUT2D eigenvalue weighted by atomic mass is 9.78. The Hall–Kier alpha value is -0.770. The number of amides is 1. The zero-order chi connectivity index (χ0) is 13.0. The standard InChI is InChI=1S/C14H19ClN2O.ClH/c15-12-5-3-11(4-6-12)14(7-1-2-8-14)13(18)17-10-9-16;/h3-6H,1-2,7-10,16H2,(H,17,18);1H. The number of halogens is 2. The molecule has 106 valence electrons. The van der Waals surface area contributed by atoms with Gasteiger partial charge in [-0.2, -0.15) is 0 Å². The average Bonchev–Trinajstić information content (AvgIpc) is 2.87. The Morgan fingerprint density at radius 2 is 1.84 bits per heavy atom. The van der Waals surface area contributed by atoms with Gasteiger partial charge in [0.2, 0.25) is 5.91 Å². The Kier molecular flexibility index (Phi) is 6.11. The largest absolute Gasteiger partial charge is 0.354 e. The second-order valence-corrected chi connectivity index (χ2v) is 5.28. The molecule has 3 N–H and O–H groups in total. The van der Waals surface area contributed by atoms with Crippen molar-refractivity contribution >= 4 is 29.9 Å². The van der Waals surface area contributed by atoms with E-state index in [9.17, 15) is 4.79 Å². The maximum absolute atomic E-state index is 12.4. The van der Waals surface area contributed by atoms with Crippen LogP contribution in [-0.2, 0) is 10.2 Å². The molecule has 0 aromatic heterocycles. The lowest BCUT2D eigenvalue weighted by Gasteiger charge is -2.28. The molecule has 0 radical (unpaired) electrons. The first-order valence-electron chi connectivity index (χ1n) is 6.43. The topological polar surface area (TPSA) is 55.1 Å². The van der Waals surface area contributed by atoms with E-state index >= 15 is 0 Å². The summed E-state index contributed by atoms with van der Waals surface area (Å²) in [7, 11) is 0. The molecule has 1 amide bonds. The van der Waals surface area contributed by atoms with Crippen molar-refractivity contribution in [2.45, 2.75) is 31.1 Å². The summed E-state index contributed by atoms with van der Waals surface area (Å²) in [6.45, 7) is 1.01. The van der Waals surface area contributed by atoms with Gasteiger partial charge in [-0.25, -0.2) is 0 Å². The van der Waals surface area contributed by atoms with Crippen LogP contribution >= 0.6 is 24.0 Å². The number of hydrogen-bond acceptors (Lipinski definition) is 2. The summed E-state index contributed by atoms with van der Waals surface area (Å²) in [5.74, 6) is 0.104. The monoisotopic (exact) mass is 302 g/mol. The van der Waals surface area contributed by atoms with Crippen molar-refractivity contribution in [2.24, 2.45) is 5.73 Å². The molecule has 3 nitrogen and oxygen atoms in total. The molecular formula is C14H20Cl2N2O. The van der Waals surface area contributed by atoms with Crippen LogP contribution in [0.1, 0.15) is 31.2 Å². The smallest absolute Gasteiger partial charge is 0.230 e. The molecule has 0 atom stereocenters. The maximum Gasteiger partial charge on any atom is 0.230 e. The Morgan fingerprint density at radius 1 is 1.26 bits per heavy atom. The minimum absolute atomic E-state index is 0. The average molecular weight is 303 g/mol. The molecule has 5 heteroatoms. The highest BCUT2D eigenvalue weighted by molar-refractivity contribution is 6.30. The fourth-order valence-corrected chi connectivity index (χ4v) is 2.88. The fraction of sp³-hybridized carbons (Fsp3) is 0.500. The summed E-state index contributed by atoms with van der Waals surface area (Å²) in [4.78, 5) is 12.4. The minimum Gasteiger partial charge on any atom is -0.354 e. The lowest BCUT2D eigenvalue weighted by molar-refractivity contribution is -0.126. The minimum atomic E-state index is -0.375. The molecule has 19 heavy (non-hydrogen) atoms. The fourth-order valence-electron chi connectivity index (χ4n) is 2.75. The molecular weight excluding hydrogens is 283 g/mol. The van der Waals surface area contributed by atoms with Gasteiger partial charge >= 0.3 is 0 Å². The predicted molar refractivity (Wildman–Crippen MR) is 80.9 cm³/mol. The molecule has 0 aliphatic heterocycles. The number of nitrogens with one attached hydrogen (secondary N) is 1. The predicted octanol–water partition coefficient (Wildman–Crippen LogP) is 2.65. The van der Waals surface area contributed by atoms with E-state index in [1.807, 2.05) is 24.3 Å². The van der Waals surface area contributed by atoms with E-state index in [0.29, 0.717) is 18.1 Å². The summed E-state index contributed by atoms with van der Waals surface area (Å²) >= 11 is 5.91. The summed E-state index contributed by atoms with van der Waals surface area (Å²) in [6, 6.07) is 7.64. The van der Waals surface area contributed by atoms with Gasteiger partial charge in [-0.3, -0.25) is 4.79 Å². The van der Waals surface area contributed by atoms with Gasteiger partial charge in [0.15, 0.2) is 0 Å². The highest BCUT2D eigenvalue weighted by atomic mass is 35.5. The van der Waals surface area contributed by atoms with E-state index < -0.39 is 0 Å². The third-order valence-electron chi connectivity index (χ3n) is 3.72. The molecule has 1 aliphatic carbocycles. The molecule has 0 heterocycles. The number of nitrogens with two attached hydrogens (primary N) is 1. The van der Waals surface area contributed by atoms with Gasteiger partial charge < -0.3 is 11.1 Å². The number of hydrogen-bond donors (Lipinski definition) is 2. The number of rotatable bonds is 4. The van der Waals surface area contributed by atoms with Crippen molar-refractivity contribution in [3.8, 4) is 0 Å². The Labute approximate surface area is 125 Å². The van der Waals surface area contributed by atoms with Gasteiger partial charge in [-0.15, -0.1) is 12.4 Å². The number of carbonyl (C=O) groups is 1. The zero-order valence-electron chi connectivity index (χ0n) is 10.8.